The molecule has 86 valence electrons. The molecule has 2 nitrogen and oxygen atoms in total. The fraction of sp³-hybridized carbons (Fsp3) is 0.500. The first-order valence-electron chi connectivity index (χ1n) is 5.50. The Morgan fingerprint density at radius 1 is 1.50 bits per heavy atom. The quantitative estimate of drug-likeness (QED) is 0.774. The summed E-state index contributed by atoms with van der Waals surface area (Å²) in [6, 6.07) is 5.80. The van der Waals surface area contributed by atoms with Gasteiger partial charge in [0.05, 0.1) is 0 Å². The number of thioether (sulfide) groups is 1. The van der Waals surface area contributed by atoms with Gasteiger partial charge in [0, 0.05) is 28.8 Å². The maximum atomic E-state index is 6.22. The van der Waals surface area contributed by atoms with Crippen LogP contribution in [0.4, 0.5) is 0 Å². The molecule has 1 aromatic carbocycles. The van der Waals surface area contributed by atoms with Crippen LogP contribution in [-0.2, 0) is 0 Å². The molecule has 1 spiro atoms. The first-order chi connectivity index (χ1) is 7.69. The average molecular weight is 256 g/mol. The molecule has 2 heterocycles. The number of halogens is 1. The van der Waals surface area contributed by atoms with Gasteiger partial charge < -0.3 is 10.5 Å². The number of hydrogen-bond donors (Lipinski definition) is 1. The second-order valence-electron chi connectivity index (χ2n) is 4.58. The molecule has 1 aromatic rings. The second kappa shape index (κ2) is 3.83. The van der Waals surface area contributed by atoms with Gasteiger partial charge in [-0.15, -0.1) is 0 Å². The molecule has 2 aliphatic heterocycles. The Bertz CT molecular complexity index is 417. The summed E-state index contributed by atoms with van der Waals surface area (Å²) in [6.07, 6.45) is 2.01. The van der Waals surface area contributed by atoms with E-state index in [2.05, 4.69) is 0 Å². The van der Waals surface area contributed by atoms with E-state index in [4.69, 9.17) is 22.1 Å². The number of ether oxygens (including phenoxy) is 1. The molecule has 0 radical (unpaired) electrons. The first-order valence-corrected chi connectivity index (χ1v) is 7.04. The smallest absolute Gasteiger partial charge is 0.125 e. The minimum atomic E-state index is -0.0229. The maximum Gasteiger partial charge on any atom is 0.125 e. The normalized spacial score (nSPS) is 32.5. The van der Waals surface area contributed by atoms with Crippen LogP contribution < -0.4 is 10.5 Å². The zero-order chi connectivity index (χ0) is 11.2. The lowest BCUT2D eigenvalue weighted by atomic mass is 9.87. The highest BCUT2D eigenvalue weighted by Crippen LogP contribution is 2.45. The molecule has 4 heteroatoms. The predicted octanol–water partition coefficient (Wildman–Crippen LogP) is 3.00. The number of nitrogens with two attached hydrogens (primary N) is 1. The van der Waals surface area contributed by atoms with E-state index < -0.39 is 0 Å². The molecule has 1 fully saturated rings. The Morgan fingerprint density at radius 3 is 3.12 bits per heavy atom. The fourth-order valence-corrected chi connectivity index (χ4v) is 4.05. The molecule has 0 aliphatic carbocycles. The largest absolute Gasteiger partial charge is 0.486 e. The van der Waals surface area contributed by atoms with Gasteiger partial charge in [0.2, 0.25) is 0 Å². The highest BCUT2D eigenvalue weighted by atomic mass is 35.5. The molecular formula is C12H14ClNOS. The highest BCUT2D eigenvalue weighted by Gasteiger charge is 2.42. The van der Waals surface area contributed by atoms with Crippen molar-refractivity contribution >= 4 is 23.4 Å². The maximum absolute atomic E-state index is 6.22. The monoisotopic (exact) mass is 255 g/mol. The van der Waals surface area contributed by atoms with Gasteiger partial charge >= 0.3 is 0 Å². The van der Waals surface area contributed by atoms with Gasteiger partial charge in [-0.1, -0.05) is 11.6 Å². The van der Waals surface area contributed by atoms with E-state index in [1.807, 2.05) is 30.0 Å². The molecule has 2 N–H and O–H groups in total. The molecule has 1 unspecified atom stereocenters. The lowest BCUT2D eigenvalue weighted by Gasteiger charge is -2.38. The minimum absolute atomic E-state index is 0.0229. The number of hydrogen-bond acceptors (Lipinski definition) is 3. The van der Waals surface area contributed by atoms with E-state index in [1.165, 1.54) is 5.75 Å². The number of rotatable bonds is 0. The van der Waals surface area contributed by atoms with Gasteiger partial charge in [-0.05, 0) is 30.4 Å². The molecule has 0 saturated carbocycles. The summed E-state index contributed by atoms with van der Waals surface area (Å²) in [6.45, 7) is 0. The van der Waals surface area contributed by atoms with Crippen molar-refractivity contribution in [3.8, 4) is 5.75 Å². The number of benzene rings is 1. The summed E-state index contributed by atoms with van der Waals surface area (Å²) in [5, 5.41) is 0.731. The van der Waals surface area contributed by atoms with Crippen LogP contribution in [0.25, 0.3) is 0 Å². The third-order valence-corrected chi connectivity index (χ3v) is 4.81. The Balaban J connectivity index is 1.99. The van der Waals surface area contributed by atoms with Crippen molar-refractivity contribution < 1.29 is 4.74 Å². The van der Waals surface area contributed by atoms with Gasteiger partial charge in [0.1, 0.15) is 11.4 Å². The van der Waals surface area contributed by atoms with Crippen LogP contribution in [0.1, 0.15) is 24.4 Å². The van der Waals surface area contributed by atoms with E-state index in [0.717, 1.165) is 34.9 Å². The lowest BCUT2D eigenvalue weighted by molar-refractivity contribution is 0.0616. The molecule has 2 aliphatic rings. The van der Waals surface area contributed by atoms with Crippen LogP contribution in [-0.4, -0.2) is 17.1 Å². The lowest BCUT2D eigenvalue weighted by Crippen LogP contribution is -2.42. The molecule has 2 atom stereocenters. The highest BCUT2D eigenvalue weighted by molar-refractivity contribution is 7.99. The van der Waals surface area contributed by atoms with Crippen molar-refractivity contribution in [2.75, 3.05) is 11.5 Å². The van der Waals surface area contributed by atoms with Gasteiger partial charge in [-0.3, -0.25) is 0 Å². The van der Waals surface area contributed by atoms with Crippen molar-refractivity contribution in [3.05, 3.63) is 28.8 Å². The predicted molar refractivity (Wildman–Crippen MR) is 68.3 cm³/mol. The molecule has 0 aromatic heterocycles. The summed E-state index contributed by atoms with van der Waals surface area (Å²) in [5.41, 5.74) is 7.25. The standard InChI is InChI=1S/C12H14ClNOS/c13-8-1-2-11-9(5-8)10(14)6-12(15-11)3-4-16-7-12/h1-2,5,10H,3-4,6-7,14H2/t10-,12?/m1/s1. The van der Waals surface area contributed by atoms with E-state index in [1.54, 1.807) is 0 Å². The van der Waals surface area contributed by atoms with E-state index in [0.29, 0.717) is 0 Å². The van der Waals surface area contributed by atoms with E-state index in [9.17, 15) is 0 Å². The third-order valence-electron chi connectivity index (χ3n) is 3.36. The van der Waals surface area contributed by atoms with Gasteiger partial charge in [-0.25, -0.2) is 0 Å². The number of fused-ring (bicyclic) bond motifs is 1. The third kappa shape index (κ3) is 1.71. The molecule has 1 saturated heterocycles. The van der Waals surface area contributed by atoms with Crippen molar-refractivity contribution in [2.45, 2.75) is 24.5 Å². The van der Waals surface area contributed by atoms with E-state index in [-0.39, 0.29) is 11.6 Å². The van der Waals surface area contributed by atoms with Gasteiger partial charge in [-0.2, -0.15) is 11.8 Å². The molecule has 3 rings (SSSR count). The van der Waals surface area contributed by atoms with Crippen LogP contribution in [0.2, 0.25) is 5.02 Å². The van der Waals surface area contributed by atoms with E-state index >= 15 is 0 Å². The summed E-state index contributed by atoms with van der Waals surface area (Å²) < 4.78 is 6.15. The van der Waals surface area contributed by atoms with Crippen molar-refractivity contribution in [1.82, 2.24) is 0 Å². The Kier molecular flexibility index (Phi) is 2.57. The van der Waals surface area contributed by atoms with Crippen LogP contribution >= 0.6 is 23.4 Å². The van der Waals surface area contributed by atoms with Crippen LogP contribution in [0, 0.1) is 0 Å². The SMILES string of the molecule is N[C@@H]1CC2(CCSC2)Oc2ccc(Cl)cc21. The molecule has 0 bridgehead atoms. The zero-order valence-electron chi connectivity index (χ0n) is 8.91. The van der Waals surface area contributed by atoms with Crippen LogP contribution in [0.3, 0.4) is 0 Å². The Hall–Kier alpha value is -0.380. The van der Waals surface area contributed by atoms with Crippen molar-refractivity contribution in [1.29, 1.82) is 0 Å². The van der Waals surface area contributed by atoms with Crippen molar-refractivity contribution in [3.63, 3.8) is 0 Å². The minimum Gasteiger partial charge on any atom is -0.486 e. The van der Waals surface area contributed by atoms with Crippen LogP contribution in [0.15, 0.2) is 18.2 Å². The van der Waals surface area contributed by atoms with Crippen molar-refractivity contribution in [2.24, 2.45) is 5.73 Å². The second-order valence-corrected chi connectivity index (χ2v) is 6.12. The topological polar surface area (TPSA) is 35.2 Å². The summed E-state index contributed by atoms with van der Waals surface area (Å²) in [7, 11) is 0. The molecular weight excluding hydrogens is 242 g/mol. The first kappa shape index (κ1) is 10.8. The average Bonchev–Trinajstić information content (AvgIpc) is 2.68. The zero-order valence-corrected chi connectivity index (χ0v) is 10.5. The Labute approximate surface area is 104 Å². The summed E-state index contributed by atoms with van der Waals surface area (Å²) >= 11 is 7.93. The Morgan fingerprint density at radius 2 is 2.38 bits per heavy atom. The molecule has 16 heavy (non-hydrogen) atoms. The molecule has 0 amide bonds. The van der Waals surface area contributed by atoms with Crippen LogP contribution in [0.5, 0.6) is 5.75 Å². The fourth-order valence-electron chi connectivity index (χ4n) is 2.52. The summed E-state index contributed by atoms with van der Waals surface area (Å²) in [5.74, 6) is 3.16. The van der Waals surface area contributed by atoms with Gasteiger partial charge in [0.25, 0.3) is 0 Å². The van der Waals surface area contributed by atoms with Gasteiger partial charge in [0.15, 0.2) is 0 Å². The summed E-state index contributed by atoms with van der Waals surface area (Å²) in [4.78, 5) is 0.